The van der Waals surface area contributed by atoms with Crippen molar-refractivity contribution in [2.45, 2.75) is 66.3 Å². The summed E-state index contributed by atoms with van der Waals surface area (Å²) < 4.78 is 135. The fourth-order valence-electron chi connectivity index (χ4n) is 6.09. The number of benzene rings is 2. The molecule has 0 unspecified atom stereocenters. The number of carbonyl (C=O) groups excluding carboxylic acids is 1. The lowest BCUT2D eigenvalue weighted by molar-refractivity contribution is -0.348. The van der Waals surface area contributed by atoms with Crippen LogP contribution in [0.1, 0.15) is 42.9 Å². The quantitative estimate of drug-likeness (QED) is 0.351. The van der Waals surface area contributed by atoms with Crippen molar-refractivity contribution in [1.82, 2.24) is 5.32 Å². The minimum atomic E-state index is -6.35. The molecule has 1 fully saturated rings. The topological polar surface area (TPSA) is 83.5 Å². The van der Waals surface area contributed by atoms with Crippen molar-refractivity contribution < 1.29 is 53.4 Å². The normalized spacial score (nSPS) is 24.2. The number of aliphatic hydroxyl groups excluding tert-OH is 1. The standard InChI is InChI=1S/C26H25F8NO4S/c1-14(13-36)35-22(37)19-10-11-23(40(38,39)18-6-4-17(27)5-7-18)20-9-3-16(12-15(20)2-8-21(19)23)24(28,25(29,30)31)26(32,33)34/h3-7,9,12,14,19,21,36H,2,8,10-11,13H2,1H3,(H,35,37)/t14-,19-,21+,23-/m1/s1. The van der Waals surface area contributed by atoms with Gasteiger partial charge in [0.1, 0.15) is 10.6 Å². The fraction of sp³-hybridized carbons (Fsp3) is 0.500. The average Bonchev–Trinajstić information content (AvgIpc) is 3.28. The number of aliphatic hydroxyl groups is 1. The Morgan fingerprint density at radius 2 is 1.62 bits per heavy atom. The van der Waals surface area contributed by atoms with Crippen molar-refractivity contribution >= 4 is 15.7 Å². The minimum absolute atomic E-state index is 0.00554. The van der Waals surface area contributed by atoms with Crippen LogP contribution in [0.5, 0.6) is 0 Å². The van der Waals surface area contributed by atoms with Gasteiger partial charge < -0.3 is 10.4 Å². The van der Waals surface area contributed by atoms with Gasteiger partial charge in [0.2, 0.25) is 5.91 Å². The second-order valence-corrected chi connectivity index (χ2v) is 12.5. The molecule has 0 aliphatic heterocycles. The molecule has 0 spiro atoms. The zero-order valence-electron chi connectivity index (χ0n) is 20.9. The molecule has 4 rings (SSSR count). The largest absolute Gasteiger partial charge is 0.435 e. The van der Waals surface area contributed by atoms with Gasteiger partial charge in [0, 0.05) is 17.5 Å². The van der Waals surface area contributed by atoms with Crippen LogP contribution in [0.25, 0.3) is 0 Å². The Balaban J connectivity index is 1.92. The summed E-state index contributed by atoms with van der Waals surface area (Å²) in [6, 6.07) is 4.52. The van der Waals surface area contributed by atoms with Crippen molar-refractivity contribution in [2.75, 3.05) is 6.61 Å². The summed E-state index contributed by atoms with van der Waals surface area (Å²) in [7, 11) is -4.53. The van der Waals surface area contributed by atoms with Gasteiger partial charge in [0.25, 0.3) is 0 Å². The van der Waals surface area contributed by atoms with Crippen LogP contribution < -0.4 is 5.32 Å². The van der Waals surface area contributed by atoms with E-state index in [2.05, 4.69) is 5.32 Å². The minimum Gasteiger partial charge on any atom is -0.394 e. The van der Waals surface area contributed by atoms with E-state index in [1.54, 1.807) is 0 Å². The van der Waals surface area contributed by atoms with Crippen LogP contribution in [0.4, 0.5) is 35.1 Å². The SMILES string of the molecule is C[C@H](CO)NC(=O)[C@@H]1CC[C@@]2(S(=O)(=O)c3ccc(F)cc3)c3ccc(C(F)(C(F)(F)F)C(F)(F)F)cc3CC[C@@H]12. The lowest BCUT2D eigenvalue weighted by Crippen LogP contribution is -2.51. The number of hydrogen-bond donors (Lipinski definition) is 2. The van der Waals surface area contributed by atoms with Crippen molar-refractivity contribution in [2.24, 2.45) is 11.8 Å². The monoisotopic (exact) mass is 599 g/mol. The summed E-state index contributed by atoms with van der Waals surface area (Å²) in [5.41, 5.74) is -7.79. The number of rotatable bonds is 6. The van der Waals surface area contributed by atoms with Gasteiger partial charge in [0.15, 0.2) is 9.84 Å². The fourth-order valence-corrected chi connectivity index (χ4v) is 8.56. The van der Waals surface area contributed by atoms with Crippen molar-refractivity contribution in [3.63, 3.8) is 0 Å². The Labute approximate surface area is 224 Å². The lowest BCUT2D eigenvalue weighted by Gasteiger charge is -2.42. The van der Waals surface area contributed by atoms with Crippen molar-refractivity contribution in [3.05, 3.63) is 65.0 Å². The smallest absolute Gasteiger partial charge is 0.394 e. The van der Waals surface area contributed by atoms with E-state index in [4.69, 9.17) is 0 Å². The number of carbonyl (C=O) groups is 1. The molecular formula is C26H25F8NO4S. The number of amides is 1. The Bertz CT molecular complexity index is 1380. The van der Waals surface area contributed by atoms with Crippen LogP contribution in [0.15, 0.2) is 47.4 Å². The average molecular weight is 600 g/mol. The first-order valence-corrected chi connectivity index (χ1v) is 13.8. The number of aryl methyl sites for hydroxylation is 1. The molecule has 2 aliphatic carbocycles. The van der Waals surface area contributed by atoms with Crippen LogP contribution in [0.3, 0.4) is 0 Å². The third-order valence-electron chi connectivity index (χ3n) is 7.98. The molecule has 2 N–H and O–H groups in total. The lowest BCUT2D eigenvalue weighted by atomic mass is 9.72. The summed E-state index contributed by atoms with van der Waals surface area (Å²) >= 11 is 0. The Kier molecular flexibility index (Phi) is 7.53. The molecule has 4 atom stereocenters. The van der Waals surface area contributed by atoms with Crippen LogP contribution in [-0.4, -0.2) is 44.4 Å². The predicted molar refractivity (Wildman–Crippen MR) is 126 cm³/mol. The maximum atomic E-state index is 14.9. The van der Waals surface area contributed by atoms with Gasteiger partial charge >= 0.3 is 18.0 Å². The highest BCUT2D eigenvalue weighted by atomic mass is 32.2. The molecule has 0 aromatic heterocycles. The van der Waals surface area contributed by atoms with E-state index >= 15 is 0 Å². The second-order valence-electron chi connectivity index (χ2n) is 10.3. The molecular weight excluding hydrogens is 574 g/mol. The zero-order valence-corrected chi connectivity index (χ0v) is 21.7. The third-order valence-corrected chi connectivity index (χ3v) is 10.6. The highest BCUT2D eigenvalue weighted by Crippen LogP contribution is 2.60. The molecule has 2 aliphatic rings. The summed E-state index contributed by atoms with van der Waals surface area (Å²) in [4.78, 5) is 12.7. The number of fused-ring (bicyclic) bond motifs is 3. The van der Waals surface area contributed by atoms with Crippen LogP contribution in [0, 0.1) is 17.7 Å². The van der Waals surface area contributed by atoms with Gasteiger partial charge in [-0.25, -0.2) is 17.2 Å². The molecule has 0 heterocycles. The highest BCUT2D eigenvalue weighted by Gasteiger charge is 2.73. The van der Waals surface area contributed by atoms with Gasteiger partial charge in [-0.1, -0.05) is 18.2 Å². The van der Waals surface area contributed by atoms with Crippen LogP contribution in [0.2, 0.25) is 0 Å². The van der Waals surface area contributed by atoms with Crippen LogP contribution in [-0.2, 0) is 31.5 Å². The first kappa shape index (κ1) is 30.2. The summed E-state index contributed by atoms with van der Waals surface area (Å²) in [5.74, 6) is -3.21. The van der Waals surface area contributed by atoms with E-state index in [0.717, 1.165) is 30.3 Å². The second kappa shape index (κ2) is 9.97. The molecule has 5 nitrogen and oxygen atoms in total. The molecule has 2 aromatic carbocycles. The number of nitrogens with one attached hydrogen (secondary N) is 1. The maximum absolute atomic E-state index is 14.9. The predicted octanol–water partition coefficient (Wildman–Crippen LogP) is 5.25. The van der Waals surface area contributed by atoms with Gasteiger partial charge in [-0.3, -0.25) is 4.79 Å². The Hall–Kier alpha value is -2.74. The third kappa shape index (κ3) is 4.47. The molecule has 40 heavy (non-hydrogen) atoms. The first-order valence-electron chi connectivity index (χ1n) is 12.3. The van der Waals surface area contributed by atoms with Gasteiger partial charge in [0.05, 0.1) is 11.5 Å². The number of sulfone groups is 1. The number of halogens is 8. The number of hydrogen-bond acceptors (Lipinski definition) is 4. The summed E-state index contributed by atoms with van der Waals surface area (Å²) in [6.45, 7) is 1.11. The van der Waals surface area contributed by atoms with E-state index in [-0.39, 0.29) is 47.8 Å². The number of alkyl halides is 7. The molecule has 0 radical (unpaired) electrons. The van der Waals surface area contributed by atoms with Gasteiger partial charge in [-0.05, 0) is 73.9 Å². The first-order chi connectivity index (χ1) is 18.4. The molecule has 2 aromatic rings. The molecule has 220 valence electrons. The van der Waals surface area contributed by atoms with Gasteiger partial charge in [-0.2, -0.15) is 26.3 Å². The van der Waals surface area contributed by atoms with Crippen molar-refractivity contribution in [1.29, 1.82) is 0 Å². The van der Waals surface area contributed by atoms with E-state index in [1.165, 1.54) is 6.92 Å². The Morgan fingerprint density at radius 3 is 2.17 bits per heavy atom. The summed E-state index contributed by atoms with van der Waals surface area (Å²) in [5, 5.41) is 11.9. The molecule has 0 saturated heterocycles. The zero-order chi connectivity index (χ0) is 29.9. The van der Waals surface area contributed by atoms with E-state index in [9.17, 15) is 53.4 Å². The molecule has 14 heteroatoms. The van der Waals surface area contributed by atoms with E-state index in [0.29, 0.717) is 6.07 Å². The molecule has 0 bridgehead atoms. The Morgan fingerprint density at radius 1 is 1.02 bits per heavy atom. The maximum Gasteiger partial charge on any atom is 0.435 e. The van der Waals surface area contributed by atoms with Crippen molar-refractivity contribution in [3.8, 4) is 0 Å². The molecule has 1 amide bonds. The van der Waals surface area contributed by atoms with E-state index < -0.39 is 74.4 Å². The van der Waals surface area contributed by atoms with Crippen LogP contribution >= 0.6 is 0 Å². The van der Waals surface area contributed by atoms with E-state index in [1.807, 2.05) is 0 Å². The summed E-state index contributed by atoms with van der Waals surface area (Å²) in [6.07, 6.45) is -13.3. The highest BCUT2D eigenvalue weighted by molar-refractivity contribution is 7.92. The molecule has 1 saturated carbocycles. The van der Waals surface area contributed by atoms with Gasteiger partial charge in [-0.15, -0.1) is 0 Å².